The van der Waals surface area contributed by atoms with Gasteiger partial charge in [0.15, 0.2) is 0 Å². The smallest absolute Gasteiger partial charge is 0.305 e. The fourth-order valence-corrected chi connectivity index (χ4v) is 5.10. The molecule has 1 aromatic carbocycles. The first kappa shape index (κ1) is 14.4. The fraction of sp³-hybridized carbons (Fsp3) is 0.333. The van der Waals surface area contributed by atoms with Gasteiger partial charge in [0.25, 0.3) is 0 Å². The second-order valence-corrected chi connectivity index (χ2v) is 7.40. The maximum Gasteiger partial charge on any atom is 0.305 e. The minimum Gasteiger partial charge on any atom is -0.497 e. The summed E-state index contributed by atoms with van der Waals surface area (Å²) in [6.45, 7) is 2.03. The van der Waals surface area contributed by atoms with Gasteiger partial charge in [0.05, 0.1) is 12.1 Å². The zero-order valence-corrected chi connectivity index (χ0v) is 13.3. The molecule has 6 heteroatoms. The molecule has 2 heterocycles. The number of aromatic amines is 1. The number of fused-ring (bicyclic) bond motifs is 1. The van der Waals surface area contributed by atoms with Crippen molar-refractivity contribution < 1.29 is 9.53 Å². The summed E-state index contributed by atoms with van der Waals surface area (Å²) in [6, 6.07) is 7.71. The average Bonchev–Trinajstić information content (AvgIpc) is 2.85. The van der Waals surface area contributed by atoms with Gasteiger partial charge in [0, 0.05) is 22.0 Å². The van der Waals surface area contributed by atoms with Crippen molar-refractivity contribution in [3.05, 3.63) is 44.4 Å². The number of aldehydes is 1. The van der Waals surface area contributed by atoms with Crippen LogP contribution in [-0.2, 0) is 4.79 Å². The number of carbonyl (C=O) groups excluding carboxylic acids is 1. The predicted octanol–water partition coefficient (Wildman–Crippen LogP) is 2.89. The monoisotopic (exact) mass is 321 g/mol. The van der Waals surface area contributed by atoms with Gasteiger partial charge in [0.1, 0.15) is 12.0 Å². The Morgan fingerprint density at radius 2 is 2.00 bits per heavy atom. The van der Waals surface area contributed by atoms with Gasteiger partial charge in [-0.05, 0) is 17.7 Å². The molecule has 4 nitrogen and oxygen atoms in total. The number of rotatable bonds is 3. The molecule has 0 saturated carbocycles. The van der Waals surface area contributed by atoms with Crippen molar-refractivity contribution in [1.29, 1.82) is 0 Å². The molecule has 3 rings (SSSR count). The highest BCUT2D eigenvalue weighted by Gasteiger charge is 2.38. The number of carbonyl (C=O) groups is 1. The van der Waals surface area contributed by atoms with Crippen LogP contribution in [0.3, 0.4) is 0 Å². The van der Waals surface area contributed by atoms with Gasteiger partial charge in [-0.3, -0.25) is 4.79 Å². The van der Waals surface area contributed by atoms with Crippen molar-refractivity contribution in [2.75, 3.05) is 7.11 Å². The molecule has 0 spiro atoms. The molecule has 3 atom stereocenters. The molecular weight excluding hydrogens is 306 g/mol. The molecule has 2 aromatic rings. The third-order valence-electron chi connectivity index (χ3n) is 3.79. The lowest BCUT2D eigenvalue weighted by atomic mass is 9.83. The third kappa shape index (κ3) is 2.53. The van der Waals surface area contributed by atoms with Crippen LogP contribution in [0, 0.1) is 5.92 Å². The second kappa shape index (κ2) is 5.69. The molecule has 1 aliphatic rings. The minimum absolute atomic E-state index is 0.0650. The molecule has 0 fully saturated rings. The van der Waals surface area contributed by atoms with Gasteiger partial charge in [0.2, 0.25) is 0 Å². The van der Waals surface area contributed by atoms with Gasteiger partial charge in [-0.2, -0.15) is 0 Å². The molecule has 0 amide bonds. The Labute approximate surface area is 130 Å². The summed E-state index contributed by atoms with van der Waals surface area (Å²) in [5.41, 5.74) is 1.04. The molecule has 21 heavy (non-hydrogen) atoms. The lowest BCUT2D eigenvalue weighted by molar-refractivity contribution is -0.111. The number of aromatic nitrogens is 1. The van der Waals surface area contributed by atoms with Crippen molar-refractivity contribution >= 4 is 29.4 Å². The molecule has 0 aliphatic carbocycles. The highest BCUT2D eigenvalue weighted by molar-refractivity contribution is 8.00. The van der Waals surface area contributed by atoms with Crippen LogP contribution < -0.4 is 9.61 Å². The highest BCUT2D eigenvalue weighted by Crippen LogP contribution is 2.48. The molecule has 1 N–H and O–H groups in total. The first-order chi connectivity index (χ1) is 10.1. The summed E-state index contributed by atoms with van der Waals surface area (Å²) in [5.74, 6) is 0.577. The van der Waals surface area contributed by atoms with Gasteiger partial charge in [-0.25, -0.2) is 0 Å². The van der Waals surface area contributed by atoms with Crippen LogP contribution in [-0.4, -0.2) is 23.6 Å². The van der Waals surface area contributed by atoms with Gasteiger partial charge in [-0.1, -0.05) is 30.4 Å². The van der Waals surface area contributed by atoms with Gasteiger partial charge >= 0.3 is 4.87 Å². The standard InChI is InChI=1S/C15H15NO3S2/c1-8-11(7-17)12(9-3-5-10(19-2)6-4-9)13-14(20-8)16-15(18)21-13/h3-8,11-12H,1-2H3,(H,16,18)/t8-,11+,12-/m0/s1. The summed E-state index contributed by atoms with van der Waals surface area (Å²) in [5, 5.41) is 1.03. The summed E-state index contributed by atoms with van der Waals surface area (Å²) < 4.78 is 5.18. The summed E-state index contributed by atoms with van der Waals surface area (Å²) in [6.07, 6.45) is 1.01. The van der Waals surface area contributed by atoms with Crippen molar-refractivity contribution in [3.63, 3.8) is 0 Å². The molecule has 0 bridgehead atoms. The Morgan fingerprint density at radius 3 is 2.62 bits per heavy atom. The summed E-state index contributed by atoms with van der Waals surface area (Å²) in [7, 11) is 1.62. The molecular formula is C15H15NO3S2. The quantitative estimate of drug-likeness (QED) is 0.883. The molecule has 0 unspecified atom stereocenters. The Bertz CT molecular complexity index is 704. The molecule has 110 valence electrons. The van der Waals surface area contributed by atoms with E-state index in [-0.39, 0.29) is 22.0 Å². The van der Waals surface area contributed by atoms with Crippen molar-refractivity contribution in [1.82, 2.24) is 4.98 Å². The van der Waals surface area contributed by atoms with E-state index in [9.17, 15) is 9.59 Å². The van der Waals surface area contributed by atoms with Crippen LogP contribution in [0.25, 0.3) is 0 Å². The lowest BCUT2D eigenvalue weighted by Crippen LogP contribution is -2.28. The van der Waals surface area contributed by atoms with E-state index < -0.39 is 0 Å². The maximum atomic E-state index is 11.7. The molecule has 1 aliphatic heterocycles. The molecule has 0 radical (unpaired) electrons. The van der Waals surface area contributed by atoms with Crippen LogP contribution in [0.2, 0.25) is 0 Å². The third-order valence-corrected chi connectivity index (χ3v) is 6.13. The second-order valence-electron chi connectivity index (χ2n) is 5.00. The first-order valence-corrected chi connectivity index (χ1v) is 8.32. The Balaban J connectivity index is 2.11. The zero-order chi connectivity index (χ0) is 15.0. The van der Waals surface area contributed by atoms with Crippen LogP contribution in [0.15, 0.2) is 34.1 Å². The van der Waals surface area contributed by atoms with E-state index in [2.05, 4.69) is 4.98 Å². The van der Waals surface area contributed by atoms with E-state index in [4.69, 9.17) is 4.74 Å². The molecule has 1 aromatic heterocycles. The Hall–Kier alpha value is -1.53. The predicted molar refractivity (Wildman–Crippen MR) is 84.6 cm³/mol. The largest absolute Gasteiger partial charge is 0.497 e. The van der Waals surface area contributed by atoms with E-state index in [0.717, 1.165) is 27.5 Å². The number of H-pyrrole nitrogens is 1. The summed E-state index contributed by atoms with van der Waals surface area (Å²) >= 11 is 2.77. The van der Waals surface area contributed by atoms with E-state index in [0.29, 0.717) is 0 Å². The van der Waals surface area contributed by atoms with E-state index >= 15 is 0 Å². The Kier molecular flexibility index (Phi) is 3.91. The zero-order valence-electron chi connectivity index (χ0n) is 11.7. The number of benzene rings is 1. The normalized spacial score (nSPS) is 24.4. The minimum atomic E-state index is -0.137. The van der Waals surface area contributed by atoms with Gasteiger partial charge in [-0.15, -0.1) is 11.8 Å². The van der Waals surface area contributed by atoms with E-state index in [1.165, 1.54) is 11.3 Å². The van der Waals surface area contributed by atoms with E-state index in [1.54, 1.807) is 18.9 Å². The highest BCUT2D eigenvalue weighted by atomic mass is 32.2. The van der Waals surface area contributed by atoms with Crippen molar-refractivity contribution in [2.45, 2.75) is 23.1 Å². The SMILES string of the molecule is COc1ccc([C@@H]2c3sc(=O)[nH]c3S[C@@H](C)[C@H]2C=O)cc1. The number of thiazole rings is 1. The van der Waals surface area contributed by atoms with Crippen molar-refractivity contribution in [3.8, 4) is 5.75 Å². The number of methoxy groups -OCH3 is 1. The number of ether oxygens (including phenoxy) is 1. The van der Waals surface area contributed by atoms with Crippen LogP contribution in [0.1, 0.15) is 23.3 Å². The van der Waals surface area contributed by atoms with Gasteiger partial charge < -0.3 is 14.5 Å². The van der Waals surface area contributed by atoms with E-state index in [1.807, 2.05) is 31.2 Å². The van der Waals surface area contributed by atoms with Crippen molar-refractivity contribution in [2.24, 2.45) is 5.92 Å². The van der Waals surface area contributed by atoms with Crippen LogP contribution >= 0.6 is 23.1 Å². The number of nitrogens with one attached hydrogen (secondary N) is 1. The number of hydrogen-bond acceptors (Lipinski definition) is 5. The molecule has 0 saturated heterocycles. The first-order valence-electron chi connectivity index (χ1n) is 6.63. The number of thioether (sulfide) groups is 1. The Morgan fingerprint density at radius 1 is 1.29 bits per heavy atom. The fourth-order valence-electron chi connectivity index (χ4n) is 2.70. The van der Waals surface area contributed by atoms with Crippen LogP contribution in [0.5, 0.6) is 5.75 Å². The lowest BCUT2D eigenvalue weighted by Gasteiger charge is -2.32. The topological polar surface area (TPSA) is 59.2 Å². The average molecular weight is 321 g/mol. The van der Waals surface area contributed by atoms with Crippen LogP contribution in [0.4, 0.5) is 0 Å². The maximum absolute atomic E-state index is 11.7. The number of hydrogen-bond donors (Lipinski definition) is 1. The summed E-state index contributed by atoms with van der Waals surface area (Å²) in [4.78, 5) is 27.0.